The average molecular weight is 347 g/mol. The SMILES string of the molecule is O=C(O)O.O=C([O-])[O-].O=S(=O)([O-])[O-].[Cu+2].[Zn+2]. The molecule has 0 fully saturated rings. The fraction of sp³-hybridized carbons (Fsp3) is 0. The molecule has 15 heavy (non-hydrogen) atoms. The Balaban J connectivity index is -0.0000000315. The largest absolute Gasteiger partial charge is 2.00 e. The molecule has 2 N–H and O–H groups in total. The summed E-state index contributed by atoms with van der Waals surface area (Å²) >= 11 is 0. The Kier molecular flexibility index (Phi) is 31.2. The Morgan fingerprint density at radius 2 is 1.00 bits per heavy atom. The molecule has 0 aliphatic heterocycles. The molecule has 0 spiro atoms. The minimum absolute atomic E-state index is 0. The van der Waals surface area contributed by atoms with Crippen LogP contribution in [0.3, 0.4) is 0 Å². The van der Waals surface area contributed by atoms with Crippen LogP contribution in [-0.4, -0.2) is 40.0 Å². The third-order valence-electron chi connectivity index (χ3n) is 0. The fourth-order valence-corrected chi connectivity index (χ4v) is 0. The molecule has 0 aliphatic carbocycles. The van der Waals surface area contributed by atoms with Crippen LogP contribution in [0.25, 0.3) is 0 Å². The van der Waals surface area contributed by atoms with Gasteiger partial charge in [0, 0.05) is 10.4 Å². The number of rotatable bonds is 0. The topological polar surface area (TPSA) is 201 Å². The molecule has 10 nitrogen and oxygen atoms in total. The van der Waals surface area contributed by atoms with Crippen molar-refractivity contribution in [1.82, 2.24) is 0 Å². The first-order valence-electron chi connectivity index (χ1n) is 1.93. The number of hydrogen-bond donors (Lipinski definition) is 2. The summed E-state index contributed by atoms with van der Waals surface area (Å²) in [5, 5.41) is 30.6. The molecule has 0 saturated carbocycles. The van der Waals surface area contributed by atoms with Crippen LogP contribution in [0.2, 0.25) is 0 Å². The molecule has 0 aromatic heterocycles. The van der Waals surface area contributed by atoms with Gasteiger partial charge in [0.15, 0.2) is 0 Å². The van der Waals surface area contributed by atoms with Gasteiger partial charge < -0.3 is 34.3 Å². The van der Waals surface area contributed by atoms with E-state index in [4.69, 9.17) is 47.5 Å². The summed E-state index contributed by atoms with van der Waals surface area (Å²) in [4.78, 5) is 16.9. The molecule has 0 aromatic rings. The maximum atomic E-state index is 8.56. The fourth-order valence-electron chi connectivity index (χ4n) is 0. The van der Waals surface area contributed by atoms with Crippen LogP contribution in [0.1, 0.15) is 0 Å². The zero-order valence-electron chi connectivity index (χ0n) is 6.58. The van der Waals surface area contributed by atoms with E-state index in [0.717, 1.165) is 0 Å². The molecular weight excluding hydrogens is 345 g/mol. The summed E-state index contributed by atoms with van der Waals surface area (Å²) in [6, 6.07) is 0. The molecule has 0 unspecified atom stereocenters. The van der Waals surface area contributed by atoms with Gasteiger partial charge in [0.1, 0.15) is 0 Å². The normalized spacial score (nSPS) is 7.07. The van der Waals surface area contributed by atoms with Crippen LogP contribution in [0.4, 0.5) is 9.59 Å². The molecule has 0 aliphatic rings. The van der Waals surface area contributed by atoms with Gasteiger partial charge >= 0.3 is 42.7 Å². The number of carbonyl (C=O) groups is 2. The van der Waals surface area contributed by atoms with E-state index >= 15 is 0 Å². The van der Waals surface area contributed by atoms with Crippen molar-refractivity contribution in [2.45, 2.75) is 0 Å². The molecule has 0 bridgehead atoms. The van der Waals surface area contributed by atoms with Crippen molar-refractivity contribution in [2.75, 3.05) is 0 Å². The number of carbonyl (C=O) groups excluding carboxylic acids is 1. The van der Waals surface area contributed by atoms with Gasteiger partial charge in [-0.2, -0.15) is 0 Å². The van der Waals surface area contributed by atoms with E-state index in [1.54, 1.807) is 0 Å². The van der Waals surface area contributed by atoms with E-state index in [2.05, 4.69) is 0 Å². The summed E-state index contributed by atoms with van der Waals surface area (Å²) < 4.78 is 34.1. The number of hydrogen-bond acceptors (Lipinski definition) is 8. The van der Waals surface area contributed by atoms with Crippen molar-refractivity contribution in [1.29, 1.82) is 0 Å². The van der Waals surface area contributed by atoms with E-state index in [0.29, 0.717) is 0 Å². The Hall–Kier alpha value is -0.447. The van der Waals surface area contributed by atoms with Crippen LogP contribution in [-0.2, 0) is 46.9 Å². The Morgan fingerprint density at radius 1 is 1.00 bits per heavy atom. The third-order valence-corrected chi connectivity index (χ3v) is 0. The van der Waals surface area contributed by atoms with Crippen LogP contribution in [0.15, 0.2) is 0 Å². The second-order valence-corrected chi connectivity index (χ2v) is 1.76. The monoisotopic (exact) mass is 345 g/mol. The average Bonchev–Trinajstić information content (AvgIpc) is 1.50. The van der Waals surface area contributed by atoms with Gasteiger partial charge in [0.25, 0.3) is 0 Å². The Bertz CT molecular complexity index is 218. The zero-order chi connectivity index (χ0) is 11.7. The summed E-state index contributed by atoms with van der Waals surface area (Å²) in [6.45, 7) is 0. The van der Waals surface area contributed by atoms with Crippen LogP contribution in [0.5, 0.6) is 0 Å². The van der Waals surface area contributed by atoms with Gasteiger partial charge in [-0.3, -0.25) is 8.42 Å². The van der Waals surface area contributed by atoms with Crippen molar-refractivity contribution in [3.8, 4) is 0 Å². The standard InChI is InChI=1S/2CH2O3.Cu.H2O4S.Zn/c2*2-1(3)4;;1-5(2,3)4;/h2*(H2,2,3,4);;(H2,1,2,3,4);/q;;+2;;+2/p-4. The summed E-state index contributed by atoms with van der Waals surface area (Å²) in [5.41, 5.74) is 0. The molecule has 0 amide bonds. The quantitative estimate of drug-likeness (QED) is 0.251. The van der Waals surface area contributed by atoms with Crippen LogP contribution in [0, 0.1) is 0 Å². The van der Waals surface area contributed by atoms with Gasteiger partial charge in [-0.15, -0.1) is 0 Å². The summed E-state index contributed by atoms with van der Waals surface area (Å²) in [7, 11) is -5.17. The van der Waals surface area contributed by atoms with Crippen molar-refractivity contribution >= 4 is 22.7 Å². The molecule has 0 aromatic carbocycles. The Morgan fingerprint density at radius 3 is 1.00 bits per heavy atom. The molecule has 0 atom stereocenters. The van der Waals surface area contributed by atoms with E-state index in [9.17, 15) is 0 Å². The van der Waals surface area contributed by atoms with Gasteiger partial charge in [0.05, 0.1) is 0 Å². The van der Waals surface area contributed by atoms with Crippen LogP contribution < -0.4 is 10.2 Å². The van der Waals surface area contributed by atoms with Crippen molar-refractivity contribution in [3.63, 3.8) is 0 Å². The smallest absolute Gasteiger partial charge is 0.759 e. The first kappa shape index (κ1) is 29.3. The molecule has 89 valence electrons. The maximum absolute atomic E-state index is 8.56. The Labute approximate surface area is 107 Å². The van der Waals surface area contributed by atoms with Crippen molar-refractivity contribution < 1.29 is 84.1 Å². The first-order valence-corrected chi connectivity index (χ1v) is 3.26. The first-order chi connectivity index (χ1) is 5.46. The van der Waals surface area contributed by atoms with Gasteiger partial charge in [0.2, 0.25) is 0 Å². The second kappa shape index (κ2) is 16.0. The van der Waals surface area contributed by atoms with Gasteiger partial charge in [-0.1, -0.05) is 0 Å². The van der Waals surface area contributed by atoms with E-state index in [-0.39, 0.29) is 36.5 Å². The molecule has 0 saturated heterocycles. The summed E-state index contributed by atoms with van der Waals surface area (Å²) in [6.07, 6.45) is -4.17. The zero-order valence-corrected chi connectivity index (χ0v) is 11.3. The van der Waals surface area contributed by atoms with E-state index in [1.165, 1.54) is 0 Å². The van der Waals surface area contributed by atoms with Crippen molar-refractivity contribution in [2.24, 2.45) is 0 Å². The van der Waals surface area contributed by atoms with E-state index in [1.807, 2.05) is 0 Å². The van der Waals surface area contributed by atoms with E-state index < -0.39 is 22.7 Å². The predicted molar refractivity (Wildman–Crippen MR) is 26.5 cm³/mol. The summed E-state index contributed by atoms with van der Waals surface area (Å²) in [5.74, 6) is 0. The molecule has 1 radical (unpaired) electrons. The second-order valence-electron chi connectivity index (χ2n) is 0.941. The third kappa shape index (κ3) is 9050. The number of carboxylic acid groups (broad SMARTS) is 4. The molecular formula is C2H2CuO10SZn. The van der Waals surface area contributed by atoms with Crippen LogP contribution >= 0.6 is 0 Å². The predicted octanol–water partition coefficient (Wildman–Crippen LogP) is -3.57. The van der Waals surface area contributed by atoms with Gasteiger partial charge in [-0.25, -0.2) is 4.79 Å². The van der Waals surface area contributed by atoms with Gasteiger partial charge in [-0.05, 0) is 6.16 Å². The minimum Gasteiger partial charge on any atom is -0.759 e. The molecule has 13 heteroatoms. The minimum atomic E-state index is -5.17. The van der Waals surface area contributed by atoms with Crippen molar-refractivity contribution in [3.05, 3.63) is 0 Å². The molecule has 0 rings (SSSR count). The molecule has 0 heterocycles. The maximum Gasteiger partial charge on any atom is 2.00 e.